The van der Waals surface area contributed by atoms with E-state index in [4.69, 9.17) is 0 Å². The maximum Gasteiger partial charge on any atom is 0.124 e. The van der Waals surface area contributed by atoms with Gasteiger partial charge in [-0.1, -0.05) is 0 Å². The van der Waals surface area contributed by atoms with E-state index < -0.39 is 0 Å². The van der Waals surface area contributed by atoms with Crippen LogP contribution < -0.4 is 0 Å². The molecule has 0 rings (SSSR count). The van der Waals surface area contributed by atoms with Crippen LogP contribution in [-0.4, -0.2) is 0 Å². The average Bonchev–Trinajstić information content (AvgIpc) is 0.918. The van der Waals surface area contributed by atoms with Gasteiger partial charge in [0.1, 0.15) is 46.0 Å². The van der Waals surface area contributed by atoms with Crippen LogP contribution in [0.2, 0.25) is 0 Å². The van der Waals surface area contributed by atoms with Crippen molar-refractivity contribution in [2.24, 2.45) is 0 Å². The Morgan fingerprint density at radius 2 is 1.25 bits per heavy atom. The zero-order valence-corrected chi connectivity index (χ0v) is 9.12. The molecule has 0 atom stereocenters. The van der Waals surface area contributed by atoms with E-state index in [0.717, 1.165) is 0 Å². The van der Waals surface area contributed by atoms with E-state index in [9.17, 15) is 0 Å². The Labute approximate surface area is 87.0 Å². The molecule has 0 radical (unpaired) electrons. The zero-order chi connectivity index (χ0) is 2.71. The first-order valence-corrected chi connectivity index (χ1v) is 2.07. The van der Waals surface area contributed by atoms with Crippen molar-refractivity contribution in [2.75, 3.05) is 0 Å². The van der Waals surface area contributed by atoms with Crippen LogP contribution in [0.4, 0.5) is 0 Å². The second kappa shape index (κ2) is 9.25. The van der Waals surface area contributed by atoms with Crippen LogP contribution in [0.5, 0.6) is 0 Å². The molecule has 0 N–H and O–H groups in total. The molecular formula is CeI2O. The molecule has 0 fully saturated rings. The molecular weight excluding hydrogens is 410 g/mol. The fraction of sp³-hybridized carbons (Fsp3) is 0. The Kier molecular flexibility index (Phi) is 23.0. The Morgan fingerprint density at radius 3 is 1.25 bits per heavy atom. The van der Waals surface area contributed by atoms with Crippen LogP contribution >= 0.6 is 46.0 Å². The van der Waals surface area contributed by atoms with E-state index in [2.05, 4.69) is 1.40 Å². The second-order valence-electron chi connectivity index (χ2n) is 0.0583. The van der Waals surface area contributed by atoms with Crippen LogP contribution in [0, 0.1) is 41.7 Å². The summed E-state index contributed by atoms with van der Waals surface area (Å²) in [4.78, 5) is 0. The maximum absolute atomic E-state index is 4.19. The Balaban J connectivity index is 0. The first-order chi connectivity index (χ1) is 1.41. The van der Waals surface area contributed by atoms with Crippen LogP contribution in [0.15, 0.2) is 0 Å². The molecule has 1 nitrogen and oxygen atoms in total. The third-order valence-corrected chi connectivity index (χ3v) is 0. The van der Waals surface area contributed by atoms with Crippen LogP contribution in [0.25, 0.3) is 0 Å². The van der Waals surface area contributed by atoms with Gasteiger partial charge in [0.15, 0.2) is 0 Å². The third kappa shape index (κ3) is 8.84. The third-order valence-electron chi connectivity index (χ3n) is 0. The molecule has 24 valence electrons. The molecule has 0 aromatic heterocycles. The van der Waals surface area contributed by atoms with Gasteiger partial charge >= 0.3 is 0 Å². The monoisotopic (exact) mass is 410 g/mol. The minimum atomic E-state index is 0. The van der Waals surface area contributed by atoms with Gasteiger partial charge in [-0.05, 0) is 0 Å². The topological polar surface area (TPSA) is 9.23 Å². The molecule has 0 aromatic carbocycles. The summed E-state index contributed by atoms with van der Waals surface area (Å²) in [5, 5.41) is 0. The van der Waals surface area contributed by atoms with Crippen LogP contribution in [-0.2, 0) is 1.40 Å². The van der Waals surface area contributed by atoms with Crippen molar-refractivity contribution in [1.82, 2.24) is 0 Å². The summed E-state index contributed by atoms with van der Waals surface area (Å²) >= 11 is 3.55. The molecule has 0 heterocycles. The molecule has 4 heavy (non-hydrogen) atoms. The van der Waals surface area contributed by atoms with Crippen molar-refractivity contribution in [3.05, 3.63) is 0 Å². The van der Waals surface area contributed by atoms with Crippen LogP contribution in [0.3, 0.4) is 0 Å². The molecule has 0 aliphatic carbocycles. The van der Waals surface area contributed by atoms with Crippen molar-refractivity contribution in [1.29, 1.82) is 0 Å². The summed E-state index contributed by atoms with van der Waals surface area (Å²) in [6, 6.07) is 0. The molecule has 0 amide bonds. The van der Waals surface area contributed by atoms with Crippen LogP contribution in [0.1, 0.15) is 0 Å². The summed E-state index contributed by atoms with van der Waals surface area (Å²) in [6.07, 6.45) is 0. The summed E-state index contributed by atoms with van der Waals surface area (Å²) < 4.78 is 4.19. The van der Waals surface area contributed by atoms with E-state index in [1.807, 2.05) is 0 Å². The van der Waals surface area contributed by atoms with Gasteiger partial charge < -0.3 is 0 Å². The standard InChI is InChI=1S/Ce.I2O/c;1-3-2. The first kappa shape index (κ1) is 9.93. The number of hydrogen-bond acceptors (Lipinski definition) is 1. The number of halogens is 2. The van der Waals surface area contributed by atoms with Gasteiger partial charge in [-0.2, -0.15) is 0 Å². The van der Waals surface area contributed by atoms with E-state index in [-0.39, 0.29) is 41.7 Å². The van der Waals surface area contributed by atoms with Gasteiger partial charge in [0.25, 0.3) is 0 Å². The van der Waals surface area contributed by atoms with E-state index >= 15 is 0 Å². The molecule has 0 bridgehead atoms. The predicted molar refractivity (Wildman–Crippen MR) is 29.1 cm³/mol. The fourth-order valence-corrected chi connectivity index (χ4v) is 0. The molecule has 0 saturated heterocycles. The maximum atomic E-state index is 4.19. The van der Waals surface area contributed by atoms with Gasteiger partial charge in [0, 0.05) is 41.7 Å². The summed E-state index contributed by atoms with van der Waals surface area (Å²) in [5.74, 6) is 0. The van der Waals surface area contributed by atoms with Gasteiger partial charge in [-0.3, -0.25) is 0 Å². The van der Waals surface area contributed by atoms with Gasteiger partial charge in [-0.15, -0.1) is 0 Å². The fourth-order valence-electron chi connectivity index (χ4n) is 0. The summed E-state index contributed by atoms with van der Waals surface area (Å²) in [7, 11) is 0. The summed E-state index contributed by atoms with van der Waals surface area (Å²) in [5.41, 5.74) is 0. The number of hydrogen-bond donors (Lipinski definition) is 0. The number of rotatable bonds is 0. The minimum Gasteiger partial charge on any atom is -0.247 e. The molecule has 4 heteroatoms. The van der Waals surface area contributed by atoms with Crippen molar-refractivity contribution < 1.29 is 43.1 Å². The normalized spacial score (nSPS) is 4.50. The van der Waals surface area contributed by atoms with Crippen molar-refractivity contribution >= 4 is 46.0 Å². The van der Waals surface area contributed by atoms with Gasteiger partial charge in [0.2, 0.25) is 0 Å². The smallest absolute Gasteiger partial charge is 0.124 e. The van der Waals surface area contributed by atoms with E-state index in [0.29, 0.717) is 0 Å². The van der Waals surface area contributed by atoms with E-state index in [1.54, 1.807) is 46.0 Å². The van der Waals surface area contributed by atoms with E-state index in [1.165, 1.54) is 0 Å². The van der Waals surface area contributed by atoms with Crippen molar-refractivity contribution in [2.45, 2.75) is 0 Å². The quantitative estimate of drug-likeness (QED) is 0.553. The summed E-state index contributed by atoms with van der Waals surface area (Å²) in [6.45, 7) is 0. The SMILES string of the molecule is IOI.[Ce]. The van der Waals surface area contributed by atoms with Crippen molar-refractivity contribution in [3.63, 3.8) is 0 Å². The first-order valence-electron chi connectivity index (χ1n) is 0.309. The predicted octanol–water partition coefficient (Wildman–Crippen LogP) is 1.70. The molecule has 0 saturated carbocycles. The van der Waals surface area contributed by atoms with Gasteiger partial charge in [-0.25, -0.2) is 1.40 Å². The largest absolute Gasteiger partial charge is 0.247 e. The molecule has 0 spiro atoms. The molecule has 0 aliphatic rings. The Morgan fingerprint density at radius 1 is 1.25 bits per heavy atom. The second-order valence-corrected chi connectivity index (χ2v) is 2.62. The molecule has 0 unspecified atom stereocenters. The van der Waals surface area contributed by atoms with Crippen molar-refractivity contribution in [3.8, 4) is 0 Å². The van der Waals surface area contributed by atoms with Gasteiger partial charge in [0.05, 0.1) is 0 Å². The minimum absolute atomic E-state index is 0. The Hall–Kier alpha value is 2.80. The molecule has 0 aliphatic heterocycles. The average molecular weight is 410 g/mol. The zero-order valence-electron chi connectivity index (χ0n) is 1.66. The Bertz CT molecular complexity index is 6.00. The molecule has 0 aromatic rings.